The highest BCUT2D eigenvalue weighted by Gasteiger charge is 2.17. The van der Waals surface area contributed by atoms with Crippen LogP contribution in [0.15, 0.2) is 18.2 Å². The lowest BCUT2D eigenvalue weighted by molar-refractivity contribution is -0.134. The van der Waals surface area contributed by atoms with Crippen molar-refractivity contribution in [1.82, 2.24) is 0 Å². The Morgan fingerprint density at radius 2 is 1.62 bits per heavy atom. The molecule has 0 radical (unpaired) electrons. The van der Waals surface area contributed by atoms with Crippen molar-refractivity contribution in [3.63, 3.8) is 0 Å². The molecule has 0 aromatic heterocycles. The van der Waals surface area contributed by atoms with Crippen molar-refractivity contribution in [1.29, 1.82) is 0 Å². The molecule has 0 saturated heterocycles. The molecule has 0 fully saturated rings. The SMILES string of the molecule is CC(=O)O.CC(C)(C)c1cc(O)ccc1O. The van der Waals surface area contributed by atoms with Crippen molar-refractivity contribution < 1.29 is 20.1 Å². The molecule has 3 N–H and O–H groups in total. The van der Waals surface area contributed by atoms with Gasteiger partial charge in [-0.3, -0.25) is 4.79 Å². The lowest BCUT2D eigenvalue weighted by Crippen LogP contribution is -2.10. The number of aromatic hydroxyl groups is 2. The van der Waals surface area contributed by atoms with Gasteiger partial charge in [0.05, 0.1) is 0 Å². The average molecular weight is 226 g/mol. The maximum Gasteiger partial charge on any atom is 0.300 e. The fourth-order valence-electron chi connectivity index (χ4n) is 1.12. The molecular weight excluding hydrogens is 208 g/mol. The van der Waals surface area contributed by atoms with Gasteiger partial charge in [-0.25, -0.2) is 0 Å². The summed E-state index contributed by atoms with van der Waals surface area (Å²) >= 11 is 0. The molecule has 0 amide bonds. The number of hydrogen-bond acceptors (Lipinski definition) is 3. The van der Waals surface area contributed by atoms with Crippen LogP contribution in [-0.2, 0) is 10.2 Å². The molecule has 0 bridgehead atoms. The fraction of sp³-hybridized carbons (Fsp3) is 0.417. The summed E-state index contributed by atoms with van der Waals surface area (Å²) in [7, 11) is 0. The summed E-state index contributed by atoms with van der Waals surface area (Å²) in [5, 5.41) is 26.1. The van der Waals surface area contributed by atoms with Gasteiger partial charge in [0, 0.05) is 12.5 Å². The van der Waals surface area contributed by atoms with Crippen molar-refractivity contribution in [3.05, 3.63) is 23.8 Å². The predicted octanol–water partition coefficient (Wildman–Crippen LogP) is 2.49. The van der Waals surface area contributed by atoms with Crippen molar-refractivity contribution in [2.75, 3.05) is 0 Å². The van der Waals surface area contributed by atoms with E-state index in [4.69, 9.17) is 9.90 Å². The van der Waals surface area contributed by atoms with E-state index in [9.17, 15) is 10.2 Å². The van der Waals surface area contributed by atoms with Crippen LogP contribution < -0.4 is 0 Å². The van der Waals surface area contributed by atoms with Gasteiger partial charge in [-0.1, -0.05) is 20.8 Å². The number of aliphatic carboxylic acids is 1. The molecular formula is C12H18O4. The van der Waals surface area contributed by atoms with Crippen LogP contribution in [-0.4, -0.2) is 21.3 Å². The van der Waals surface area contributed by atoms with E-state index < -0.39 is 5.97 Å². The third-order valence-electron chi connectivity index (χ3n) is 1.79. The van der Waals surface area contributed by atoms with E-state index in [1.165, 1.54) is 12.1 Å². The highest BCUT2D eigenvalue weighted by Crippen LogP contribution is 2.32. The van der Waals surface area contributed by atoms with Gasteiger partial charge in [0.25, 0.3) is 5.97 Å². The number of carboxylic acid groups (broad SMARTS) is 1. The first-order valence-corrected chi connectivity index (χ1v) is 4.86. The zero-order valence-electron chi connectivity index (χ0n) is 9.98. The molecule has 0 aliphatic heterocycles. The molecule has 1 aromatic carbocycles. The Morgan fingerprint density at radius 1 is 1.19 bits per heavy atom. The second-order valence-corrected chi connectivity index (χ2v) is 4.47. The summed E-state index contributed by atoms with van der Waals surface area (Å²) < 4.78 is 0. The Hall–Kier alpha value is -1.71. The van der Waals surface area contributed by atoms with Crippen LogP contribution in [0.2, 0.25) is 0 Å². The molecule has 0 unspecified atom stereocenters. The van der Waals surface area contributed by atoms with Crippen molar-refractivity contribution in [2.45, 2.75) is 33.1 Å². The molecule has 0 saturated carbocycles. The van der Waals surface area contributed by atoms with Crippen LogP contribution in [0.1, 0.15) is 33.3 Å². The lowest BCUT2D eigenvalue weighted by atomic mass is 9.86. The number of phenols is 2. The molecule has 16 heavy (non-hydrogen) atoms. The zero-order valence-corrected chi connectivity index (χ0v) is 9.98. The number of hydrogen-bond donors (Lipinski definition) is 3. The maximum atomic E-state index is 9.46. The van der Waals surface area contributed by atoms with E-state index in [1.54, 1.807) is 6.07 Å². The van der Waals surface area contributed by atoms with Gasteiger partial charge >= 0.3 is 0 Å². The Bertz CT molecular complexity index is 360. The van der Waals surface area contributed by atoms with Crippen LogP contribution in [0.25, 0.3) is 0 Å². The molecule has 0 atom stereocenters. The third-order valence-corrected chi connectivity index (χ3v) is 1.79. The van der Waals surface area contributed by atoms with Crippen LogP contribution in [0.5, 0.6) is 11.5 Å². The summed E-state index contributed by atoms with van der Waals surface area (Å²) in [5.41, 5.74) is 0.630. The molecule has 0 heterocycles. The van der Waals surface area contributed by atoms with Gasteiger partial charge in [0.2, 0.25) is 0 Å². The molecule has 0 spiro atoms. The van der Waals surface area contributed by atoms with Gasteiger partial charge in [-0.05, 0) is 23.6 Å². The third kappa shape index (κ3) is 5.24. The monoisotopic (exact) mass is 226 g/mol. The second kappa shape index (κ2) is 5.39. The summed E-state index contributed by atoms with van der Waals surface area (Å²) in [6, 6.07) is 4.58. The van der Waals surface area contributed by atoms with Gasteiger partial charge in [0.15, 0.2) is 0 Å². The lowest BCUT2D eigenvalue weighted by Gasteiger charge is -2.20. The van der Waals surface area contributed by atoms with Gasteiger partial charge < -0.3 is 15.3 Å². The van der Waals surface area contributed by atoms with E-state index in [2.05, 4.69) is 0 Å². The molecule has 4 heteroatoms. The smallest absolute Gasteiger partial charge is 0.300 e. The van der Waals surface area contributed by atoms with E-state index in [-0.39, 0.29) is 16.9 Å². The predicted molar refractivity (Wildman–Crippen MR) is 61.8 cm³/mol. The quantitative estimate of drug-likeness (QED) is 0.594. The van der Waals surface area contributed by atoms with Crippen LogP contribution in [0.4, 0.5) is 0 Å². The van der Waals surface area contributed by atoms with Gasteiger partial charge in [-0.2, -0.15) is 0 Å². The summed E-state index contributed by atoms with van der Waals surface area (Å²) in [5.74, 6) is -0.405. The minimum absolute atomic E-state index is 0.136. The summed E-state index contributed by atoms with van der Waals surface area (Å²) in [6.45, 7) is 7.05. The summed E-state index contributed by atoms with van der Waals surface area (Å²) in [4.78, 5) is 9.00. The van der Waals surface area contributed by atoms with E-state index in [0.717, 1.165) is 12.5 Å². The second-order valence-electron chi connectivity index (χ2n) is 4.47. The van der Waals surface area contributed by atoms with E-state index in [1.807, 2.05) is 20.8 Å². The Kier molecular flexibility index (Phi) is 4.82. The van der Waals surface area contributed by atoms with Crippen molar-refractivity contribution >= 4 is 5.97 Å². The zero-order chi connectivity index (χ0) is 12.9. The number of phenolic OH excluding ortho intramolecular Hbond substituents is 2. The average Bonchev–Trinajstić information content (AvgIpc) is 2.06. The highest BCUT2D eigenvalue weighted by molar-refractivity contribution is 5.62. The normalized spacial score (nSPS) is 10.2. The molecule has 4 nitrogen and oxygen atoms in total. The standard InChI is InChI=1S/C10H14O2.C2H4O2/c1-10(2,3)8-6-7(11)4-5-9(8)12;1-2(3)4/h4-6,11-12H,1-3H3;1H3,(H,3,4). The molecule has 0 aliphatic carbocycles. The molecule has 0 aliphatic rings. The first-order valence-electron chi connectivity index (χ1n) is 4.86. The number of benzene rings is 1. The van der Waals surface area contributed by atoms with E-state index >= 15 is 0 Å². The van der Waals surface area contributed by atoms with Crippen LogP contribution in [0.3, 0.4) is 0 Å². The number of rotatable bonds is 0. The highest BCUT2D eigenvalue weighted by atomic mass is 16.4. The number of carbonyl (C=O) groups is 1. The Balaban J connectivity index is 0.000000487. The first-order chi connectivity index (χ1) is 7.14. The van der Waals surface area contributed by atoms with Crippen molar-refractivity contribution in [3.8, 4) is 11.5 Å². The molecule has 1 aromatic rings. The fourth-order valence-corrected chi connectivity index (χ4v) is 1.12. The minimum atomic E-state index is -0.833. The maximum absolute atomic E-state index is 9.46. The number of carboxylic acids is 1. The Morgan fingerprint density at radius 3 is 1.94 bits per heavy atom. The molecule has 90 valence electrons. The van der Waals surface area contributed by atoms with Gasteiger partial charge in [0.1, 0.15) is 11.5 Å². The Labute approximate surface area is 95.2 Å². The van der Waals surface area contributed by atoms with Gasteiger partial charge in [-0.15, -0.1) is 0 Å². The van der Waals surface area contributed by atoms with Crippen LogP contribution >= 0.6 is 0 Å². The van der Waals surface area contributed by atoms with Crippen LogP contribution in [0, 0.1) is 0 Å². The first kappa shape index (κ1) is 14.3. The topological polar surface area (TPSA) is 77.8 Å². The van der Waals surface area contributed by atoms with Crippen molar-refractivity contribution in [2.24, 2.45) is 0 Å². The summed E-state index contributed by atoms with van der Waals surface area (Å²) in [6.07, 6.45) is 0. The van der Waals surface area contributed by atoms with E-state index in [0.29, 0.717) is 0 Å². The largest absolute Gasteiger partial charge is 0.508 e. The molecule has 1 rings (SSSR count). The minimum Gasteiger partial charge on any atom is -0.508 e.